The second-order valence-electron chi connectivity index (χ2n) is 7.91. The van der Waals surface area contributed by atoms with Crippen molar-refractivity contribution < 1.29 is 22.4 Å². The quantitative estimate of drug-likeness (QED) is 0.460. The number of anilines is 1. The molecule has 2 amide bonds. The second-order valence-corrected chi connectivity index (χ2v) is 9.68. The molecule has 2 aromatic carbocycles. The lowest BCUT2D eigenvalue weighted by Gasteiger charge is -2.32. The Morgan fingerprint density at radius 3 is 2.38 bits per heavy atom. The molecule has 1 aromatic heterocycles. The maximum Gasteiger partial charge on any atom is 0.243 e. The van der Waals surface area contributed by atoms with Crippen molar-refractivity contribution >= 4 is 27.5 Å². The van der Waals surface area contributed by atoms with Gasteiger partial charge in [0.1, 0.15) is 11.8 Å². The summed E-state index contributed by atoms with van der Waals surface area (Å²) in [5.74, 6) is -0.312. The van der Waals surface area contributed by atoms with Gasteiger partial charge >= 0.3 is 0 Å². The molecule has 8 nitrogen and oxygen atoms in total. The number of sulfonamides is 1. The lowest BCUT2D eigenvalue weighted by atomic mass is 10.1. The van der Waals surface area contributed by atoms with E-state index in [1.807, 2.05) is 26.0 Å². The molecule has 0 saturated heterocycles. The number of nitrogens with one attached hydrogen (secondary N) is 2. The molecule has 0 bridgehead atoms. The zero-order valence-electron chi connectivity index (χ0n) is 19.4. The van der Waals surface area contributed by atoms with E-state index in [2.05, 4.69) is 10.0 Å². The fourth-order valence-electron chi connectivity index (χ4n) is 3.67. The first-order valence-corrected chi connectivity index (χ1v) is 12.5. The molecule has 2 N–H and O–H groups in total. The van der Waals surface area contributed by atoms with Crippen LogP contribution in [0.2, 0.25) is 0 Å². The highest BCUT2D eigenvalue weighted by Crippen LogP contribution is 2.25. The van der Waals surface area contributed by atoms with Gasteiger partial charge in [-0.2, -0.15) is 0 Å². The van der Waals surface area contributed by atoms with Gasteiger partial charge in [-0.15, -0.1) is 0 Å². The van der Waals surface area contributed by atoms with E-state index in [1.165, 1.54) is 23.3 Å². The van der Waals surface area contributed by atoms with E-state index in [-0.39, 0.29) is 17.3 Å². The van der Waals surface area contributed by atoms with Crippen LogP contribution in [0.15, 0.2) is 76.2 Å². The molecular weight excluding hydrogens is 454 g/mol. The van der Waals surface area contributed by atoms with Crippen LogP contribution < -0.4 is 14.9 Å². The van der Waals surface area contributed by atoms with E-state index >= 15 is 0 Å². The highest BCUT2D eigenvalue weighted by atomic mass is 32.2. The summed E-state index contributed by atoms with van der Waals surface area (Å²) in [6.45, 7) is 5.27. The Hall–Kier alpha value is -3.43. The summed E-state index contributed by atoms with van der Waals surface area (Å²) in [5, 5.41) is 2.80. The van der Waals surface area contributed by atoms with Crippen molar-refractivity contribution in [3.05, 3.63) is 83.8 Å². The standard InChI is InChI=1S/C25H29N3O5S/c1-4-22(25(30)26-16-20-9-8-14-33-20)28(23-13-12-18(2)15-19(23)3)24(29)17-27-34(31,32)21-10-6-5-7-11-21/h5-15,22,27H,4,16-17H2,1-3H3,(H,26,30). The SMILES string of the molecule is CCC(C(=O)NCc1ccco1)N(C(=O)CNS(=O)(=O)c1ccccc1)c1ccc(C)cc1C. The van der Waals surface area contributed by atoms with Gasteiger partial charge in [0.2, 0.25) is 21.8 Å². The Bertz CT molecular complexity index is 1220. The first-order chi connectivity index (χ1) is 16.2. The smallest absolute Gasteiger partial charge is 0.243 e. The van der Waals surface area contributed by atoms with E-state index in [1.54, 1.807) is 43.3 Å². The van der Waals surface area contributed by atoms with Crippen LogP contribution in [0.5, 0.6) is 0 Å². The number of carbonyl (C=O) groups is 2. The predicted molar refractivity (Wildman–Crippen MR) is 130 cm³/mol. The molecule has 0 radical (unpaired) electrons. The van der Waals surface area contributed by atoms with Crippen molar-refractivity contribution in [3.63, 3.8) is 0 Å². The summed E-state index contributed by atoms with van der Waals surface area (Å²) in [6.07, 6.45) is 1.84. The summed E-state index contributed by atoms with van der Waals surface area (Å²) >= 11 is 0. The van der Waals surface area contributed by atoms with Crippen molar-refractivity contribution in [1.29, 1.82) is 0 Å². The Morgan fingerprint density at radius 2 is 1.76 bits per heavy atom. The number of furan rings is 1. The van der Waals surface area contributed by atoms with Gasteiger partial charge in [0.15, 0.2) is 0 Å². The van der Waals surface area contributed by atoms with Crippen LogP contribution in [0.3, 0.4) is 0 Å². The normalized spacial score (nSPS) is 12.2. The van der Waals surface area contributed by atoms with Crippen molar-refractivity contribution in [1.82, 2.24) is 10.0 Å². The van der Waals surface area contributed by atoms with Crippen LogP contribution >= 0.6 is 0 Å². The van der Waals surface area contributed by atoms with Crippen LogP contribution in [-0.4, -0.2) is 32.8 Å². The van der Waals surface area contributed by atoms with Crippen LogP contribution in [0.1, 0.15) is 30.2 Å². The fourth-order valence-corrected chi connectivity index (χ4v) is 4.66. The number of hydrogen-bond donors (Lipinski definition) is 2. The maximum absolute atomic E-state index is 13.4. The van der Waals surface area contributed by atoms with Crippen LogP contribution in [0, 0.1) is 13.8 Å². The number of aryl methyl sites for hydroxylation is 2. The van der Waals surface area contributed by atoms with E-state index in [9.17, 15) is 18.0 Å². The topological polar surface area (TPSA) is 109 Å². The highest BCUT2D eigenvalue weighted by Gasteiger charge is 2.31. The van der Waals surface area contributed by atoms with Crippen molar-refractivity contribution in [2.24, 2.45) is 0 Å². The number of benzene rings is 2. The third-order valence-electron chi connectivity index (χ3n) is 5.37. The molecule has 1 atom stereocenters. The Balaban J connectivity index is 1.86. The third-order valence-corrected chi connectivity index (χ3v) is 6.78. The van der Waals surface area contributed by atoms with Crippen molar-refractivity contribution in [3.8, 4) is 0 Å². The Labute approximate surface area is 200 Å². The molecule has 0 aliphatic carbocycles. The van der Waals surface area contributed by atoms with Crippen LogP contribution in [0.25, 0.3) is 0 Å². The van der Waals surface area contributed by atoms with Gasteiger partial charge in [-0.3, -0.25) is 14.5 Å². The summed E-state index contributed by atoms with van der Waals surface area (Å²) < 4.78 is 32.9. The minimum Gasteiger partial charge on any atom is -0.467 e. The molecule has 3 aromatic rings. The minimum absolute atomic E-state index is 0.0594. The molecular formula is C25H29N3O5S. The van der Waals surface area contributed by atoms with Gasteiger partial charge in [0.25, 0.3) is 0 Å². The summed E-state index contributed by atoms with van der Waals surface area (Å²) in [7, 11) is -3.89. The molecule has 0 aliphatic rings. The van der Waals surface area contributed by atoms with Crippen molar-refractivity contribution in [2.75, 3.05) is 11.4 Å². The number of rotatable bonds is 10. The molecule has 34 heavy (non-hydrogen) atoms. The molecule has 1 unspecified atom stereocenters. The summed E-state index contributed by atoms with van der Waals surface area (Å²) in [5.41, 5.74) is 2.36. The van der Waals surface area contributed by atoms with E-state index in [0.717, 1.165) is 11.1 Å². The molecule has 0 saturated carbocycles. The fraction of sp³-hybridized carbons (Fsp3) is 0.280. The summed E-state index contributed by atoms with van der Waals surface area (Å²) in [4.78, 5) is 27.9. The van der Waals surface area contributed by atoms with E-state index in [4.69, 9.17) is 4.42 Å². The summed E-state index contributed by atoms with van der Waals surface area (Å²) in [6, 6.07) is 16.0. The number of nitrogens with zero attached hydrogens (tertiary/aromatic N) is 1. The lowest BCUT2D eigenvalue weighted by molar-refractivity contribution is -0.126. The average molecular weight is 484 g/mol. The maximum atomic E-state index is 13.4. The molecule has 3 rings (SSSR count). The monoisotopic (exact) mass is 483 g/mol. The van der Waals surface area contributed by atoms with Gasteiger partial charge in [0, 0.05) is 5.69 Å². The Morgan fingerprint density at radius 1 is 1.03 bits per heavy atom. The zero-order chi connectivity index (χ0) is 24.7. The third kappa shape index (κ3) is 6.12. The Kier molecular flexibility index (Phi) is 8.25. The van der Waals surface area contributed by atoms with Crippen LogP contribution in [-0.2, 0) is 26.2 Å². The predicted octanol–water partition coefficient (Wildman–Crippen LogP) is 3.30. The molecule has 0 aliphatic heterocycles. The van der Waals surface area contributed by atoms with Crippen LogP contribution in [0.4, 0.5) is 5.69 Å². The molecule has 0 fully saturated rings. The average Bonchev–Trinajstić information content (AvgIpc) is 3.34. The van der Waals surface area contributed by atoms with E-state index in [0.29, 0.717) is 17.9 Å². The molecule has 1 heterocycles. The first kappa shape index (κ1) is 25.2. The molecule has 180 valence electrons. The number of hydrogen-bond acceptors (Lipinski definition) is 5. The lowest BCUT2D eigenvalue weighted by Crippen LogP contribution is -2.52. The second kappa shape index (κ2) is 11.1. The molecule has 9 heteroatoms. The zero-order valence-corrected chi connectivity index (χ0v) is 20.3. The van der Waals surface area contributed by atoms with Gasteiger partial charge in [-0.25, -0.2) is 13.1 Å². The van der Waals surface area contributed by atoms with Gasteiger partial charge in [-0.1, -0.05) is 42.8 Å². The number of carbonyl (C=O) groups excluding carboxylic acids is 2. The number of amides is 2. The first-order valence-electron chi connectivity index (χ1n) is 11.0. The largest absolute Gasteiger partial charge is 0.467 e. The van der Waals surface area contributed by atoms with Gasteiger partial charge in [0.05, 0.1) is 24.2 Å². The molecule has 0 spiro atoms. The minimum atomic E-state index is -3.89. The van der Waals surface area contributed by atoms with Gasteiger partial charge < -0.3 is 9.73 Å². The van der Waals surface area contributed by atoms with E-state index < -0.39 is 28.5 Å². The van der Waals surface area contributed by atoms with Gasteiger partial charge in [-0.05, 0) is 56.2 Å². The highest BCUT2D eigenvalue weighted by molar-refractivity contribution is 7.89. The van der Waals surface area contributed by atoms with Crippen molar-refractivity contribution in [2.45, 2.75) is 44.7 Å².